The Morgan fingerprint density at radius 1 is 0.923 bits per heavy atom. The molecule has 136 valence electrons. The van der Waals surface area contributed by atoms with Gasteiger partial charge in [-0.05, 0) is 37.2 Å². The third kappa shape index (κ3) is 4.14. The van der Waals surface area contributed by atoms with Crippen LogP contribution in [0.1, 0.15) is 11.3 Å². The minimum absolute atomic E-state index is 0.997. The maximum atomic E-state index is 3.68. The largest absolute Gasteiger partial charge is 0.357 e. The first-order valence-corrected chi connectivity index (χ1v) is 10.5. The zero-order valence-electron chi connectivity index (χ0n) is 15.4. The minimum atomic E-state index is 0.997. The first kappa shape index (κ1) is 17.7. The van der Waals surface area contributed by atoms with Crippen LogP contribution in [0.15, 0.2) is 59.5 Å². The van der Waals surface area contributed by atoms with Gasteiger partial charge in [0.25, 0.3) is 0 Å². The van der Waals surface area contributed by atoms with Crippen LogP contribution in [0, 0.1) is 0 Å². The molecule has 1 fully saturated rings. The second-order valence-electron chi connectivity index (χ2n) is 7.12. The Balaban J connectivity index is 1.50. The molecule has 3 aromatic rings. The predicted molar refractivity (Wildman–Crippen MR) is 112 cm³/mol. The molecular formula is C22H27N3S. The molecule has 0 saturated carbocycles. The van der Waals surface area contributed by atoms with E-state index in [1.807, 2.05) is 11.8 Å². The summed E-state index contributed by atoms with van der Waals surface area (Å²) in [5, 5.41) is 1.39. The van der Waals surface area contributed by atoms with Crippen LogP contribution in [0.4, 0.5) is 0 Å². The standard InChI is InChI=1S/C22H27N3S/c1-24-13-15-25(16-14-24)12-11-20-19-9-5-6-10-21(19)23-22(20)17-26-18-7-3-2-4-8-18/h2-10,23H,11-17H2,1H3. The molecule has 2 aromatic carbocycles. The van der Waals surface area contributed by atoms with Crippen LogP contribution in [0.2, 0.25) is 0 Å². The monoisotopic (exact) mass is 365 g/mol. The molecule has 1 saturated heterocycles. The van der Waals surface area contributed by atoms with E-state index in [0.29, 0.717) is 0 Å². The average Bonchev–Trinajstić information content (AvgIpc) is 3.04. The van der Waals surface area contributed by atoms with Crippen molar-refractivity contribution in [3.8, 4) is 0 Å². The Morgan fingerprint density at radius 3 is 2.46 bits per heavy atom. The number of nitrogens with one attached hydrogen (secondary N) is 1. The molecule has 0 aliphatic carbocycles. The third-order valence-corrected chi connectivity index (χ3v) is 6.34. The molecule has 1 aliphatic heterocycles. The van der Waals surface area contributed by atoms with Gasteiger partial charge in [-0.3, -0.25) is 0 Å². The number of likely N-dealkylation sites (N-methyl/N-ethyl adjacent to an activating group) is 1. The number of piperazine rings is 1. The Labute approximate surface area is 160 Å². The summed E-state index contributed by atoms with van der Waals surface area (Å²) in [5.74, 6) is 0.997. The summed E-state index contributed by atoms with van der Waals surface area (Å²) in [7, 11) is 2.22. The Morgan fingerprint density at radius 2 is 1.65 bits per heavy atom. The molecule has 26 heavy (non-hydrogen) atoms. The summed E-state index contributed by atoms with van der Waals surface area (Å²) in [5.41, 5.74) is 4.15. The quantitative estimate of drug-likeness (QED) is 0.660. The highest BCUT2D eigenvalue weighted by Crippen LogP contribution is 2.29. The van der Waals surface area contributed by atoms with Gasteiger partial charge in [-0.15, -0.1) is 11.8 Å². The van der Waals surface area contributed by atoms with Crippen LogP contribution >= 0.6 is 11.8 Å². The Kier molecular flexibility index (Phi) is 5.63. The van der Waals surface area contributed by atoms with Gasteiger partial charge in [-0.25, -0.2) is 0 Å². The summed E-state index contributed by atoms with van der Waals surface area (Å²) in [6.07, 6.45) is 1.12. The number of aromatic amines is 1. The summed E-state index contributed by atoms with van der Waals surface area (Å²) < 4.78 is 0. The minimum Gasteiger partial charge on any atom is -0.357 e. The van der Waals surface area contributed by atoms with Crippen molar-refractivity contribution in [2.24, 2.45) is 0 Å². The van der Waals surface area contributed by atoms with Gasteiger partial charge < -0.3 is 14.8 Å². The third-order valence-electron chi connectivity index (χ3n) is 5.30. The molecule has 0 unspecified atom stereocenters. The van der Waals surface area contributed by atoms with Gasteiger partial charge in [-0.1, -0.05) is 36.4 Å². The highest BCUT2D eigenvalue weighted by atomic mass is 32.2. The van der Waals surface area contributed by atoms with Gasteiger partial charge in [0.2, 0.25) is 0 Å². The number of thioether (sulfide) groups is 1. The second-order valence-corrected chi connectivity index (χ2v) is 8.17. The van der Waals surface area contributed by atoms with Crippen molar-refractivity contribution < 1.29 is 0 Å². The van der Waals surface area contributed by atoms with E-state index in [2.05, 4.69) is 76.4 Å². The molecule has 0 amide bonds. The lowest BCUT2D eigenvalue weighted by molar-refractivity contribution is 0.155. The molecule has 1 aromatic heterocycles. The van der Waals surface area contributed by atoms with Crippen LogP contribution in [0.3, 0.4) is 0 Å². The fourth-order valence-corrected chi connectivity index (χ4v) is 4.59. The van der Waals surface area contributed by atoms with Crippen LogP contribution in [-0.2, 0) is 12.2 Å². The summed E-state index contributed by atoms with van der Waals surface area (Å²) in [6.45, 7) is 5.90. The molecule has 4 heteroatoms. The van der Waals surface area contributed by atoms with E-state index < -0.39 is 0 Å². The number of nitrogens with zero attached hydrogens (tertiary/aromatic N) is 2. The van der Waals surface area contributed by atoms with Crippen molar-refractivity contribution in [3.05, 3.63) is 65.9 Å². The molecule has 3 nitrogen and oxygen atoms in total. The lowest BCUT2D eigenvalue weighted by Gasteiger charge is -2.32. The lowest BCUT2D eigenvalue weighted by atomic mass is 10.1. The zero-order valence-corrected chi connectivity index (χ0v) is 16.3. The molecule has 1 aliphatic rings. The van der Waals surface area contributed by atoms with Crippen molar-refractivity contribution in [1.82, 2.24) is 14.8 Å². The van der Waals surface area contributed by atoms with E-state index in [-0.39, 0.29) is 0 Å². The van der Waals surface area contributed by atoms with Crippen molar-refractivity contribution in [2.45, 2.75) is 17.1 Å². The summed E-state index contributed by atoms with van der Waals surface area (Å²) in [4.78, 5) is 10.0. The topological polar surface area (TPSA) is 22.3 Å². The van der Waals surface area contributed by atoms with Crippen LogP contribution in [0.5, 0.6) is 0 Å². The maximum absolute atomic E-state index is 3.68. The van der Waals surface area contributed by atoms with Crippen molar-refractivity contribution in [3.63, 3.8) is 0 Å². The number of fused-ring (bicyclic) bond motifs is 1. The summed E-state index contributed by atoms with van der Waals surface area (Å²) in [6, 6.07) is 19.4. The Hall–Kier alpha value is -1.75. The first-order chi connectivity index (χ1) is 12.8. The van der Waals surface area contributed by atoms with Gasteiger partial charge in [-0.2, -0.15) is 0 Å². The number of aromatic nitrogens is 1. The number of rotatable bonds is 6. The lowest BCUT2D eigenvalue weighted by Crippen LogP contribution is -2.45. The highest BCUT2D eigenvalue weighted by Gasteiger charge is 2.16. The van der Waals surface area contributed by atoms with Crippen molar-refractivity contribution in [2.75, 3.05) is 39.8 Å². The summed E-state index contributed by atoms with van der Waals surface area (Å²) >= 11 is 1.91. The van der Waals surface area contributed by atoms with Crippen LogP contribution < -0.4 is 0 Å². The zero-order chi connectivity index (χ0) is 17.8. The fourth-order valence-electron chi connectivity index (χ4n) is 3.68. The smallest absolute Gasteiger partial charge is 0.0459 e. The van der Waals surface area contributed by atoms with E-state index in [1.165, 1.54) is 53.2 Å². The van der Waals surface area contributed by atoms with Gasteiger partial charge >= 0.3 is 0 Å². The fraction of sp³-hybridized carbons (Fsp3) is 0.364. The average molecular weight is 366 g/mol. The molecule has 0 radical (unpaired) electrons. The van der Waals surface area contributed by atoms with Crippen LogP contribution in [0.25, 0.3) is 10.9 Å². The maximum Gasteiger partial charge on any atom is 0.0459 e. The number of benzene rings is 2. The first-order valence-electron chi connectivity index (χ1n) is 9.47. The van der Waals surface area contributed by atoms with Gasteiger partial charge in [0.05, 0.1) is 0 Å². The van der Waals surface area contributed by atoms with Gasteiger partial charge in [0.1, 0.15) is 0 Å². The number of H-pyrrole nitrogens is 1. The normalized spacial score (nSPS) is 16.3. The molecule has 4 rings (SSSR count). The number of hydrogen-bond acceptors (Lipinski definition) is 3. The van der Waals surface area contributed by atoms with E-state index in [0.717, 1.165) is 18.7 Å². The molecule has 0 bridgehead atoms. The van der Waals surface area contributed by atoms with E-state index in [1.54, 1.807) is 0 Å². The molecule has 1 N–H and O–H groups in total. The van der Waals surface area contributed by atoms with Gasteiger partial charge in [0.15, 0.2) is 0 Å². The van der Waals surface area contributed by atoms with Crippen LogP contribution in [-0.4, -0.2) is 54.6 Å². The van der Waals surface area contributed by atoms with E-state index in [4.69, 9.17) is 0 Å². The Bertz CT molecular complexity index is 835. The van der Waals surface area contributed by atoms with Gasteiger partial charge in [0, 0.05) is 60.0 Å². The molecule has 0 spiro atoms. The second kappa shape index (κ2) is 8.30. The van der Waals surface area contributed by atoms with Crippen molar-refractivity contribution in [1.29, 1.82) is 0 Å². The molecule has 0 atom stereocenters. The molecular weight excluding hydrogens is 338 g/mol. The van der Waals surface area contributed by atoms with Crippen molar-refractivity contribution >= 4 is 22.7 Å². The SMILES string of the molecule is CN1CCN(CCc2c(CSc3ccccc3)[nH]c3ccccc23)CC1. The highest BCUT2D eigenvalue weighted by molar-refractivity contribution is 7.98. The van der Waals surface area contributed by atoms with E-state index in [9.17, 15) is 0 Å². The number of para-hydroxylation sites is 1. The van der Waals surface area contributed by atoms with E-state index >= 15 is 0 Å². The predicted octanol–water partition coefficient (Wildman–Crippen LogP) is 4.25. The molecule has 2 heterocycles. The number of hydrogen-bond donors (Lipinski definition) is 1.